The Labute approximate surface area is 143 Å². The van der Waals surface area contributed by atoms with Crippen LogP contribution in [0.15, 0.2) is 34.9 Å². The second-order valence-corrected chi connectivity index (χ2v) is 7.00. The van der Waals surface area contributed by atoms with Gasteiger partial charge in [-0.05, 0) is 36.9 Å². The van der Waals surface area contributed by atoms with Gasteiger partial charge in [0.1, 0.15) is 0 Å². The van der Waals surface area contributed by atoms with Gasteiger partial charge in [0.25, 0.3) is 0 Å². The third-order valence-corrected chi connectivity index (χ3v) is 4.45. The van der Waals surface area contributed by atoms with E-state index < -0.39 is 0 Å². The molecule has 2 aromatic rings. The van der Waals surface area contributed by atoms with Crippen LogP contribution in [0.3, 0.4) is 0 Å². The Morgan fingerprint density at radius 3 is 2.88 bits per heavy atom. The summed E-state index contributed by atoms with van der Waals surface area (Å²) in [5, 5.41) is 7.04. The molecule has 0 aliphatic carbocycles. The van der Waals surface area contributed by atoms with Crippen molar-refractivity contribution in [2.75, 3.05) is 7.05 Å². The van der Waals surface area contributed by atoms with Gasteiger partial charge in [0, 0.05) is 12.6 Å². The lowest BCUT2D eigenvalue weighted by atomic mass is 9.94. The van der Waals surface area contributed by atoms with Gasteiger partial charge in [0.2, 0.25) is 5.91 Å². The van der Waals surface area contributed by atoms with Crippen LogP contribution in [0, 0.1) is 5.92 Å². The Balaban J connectivity index is 1.58. The summed E-state index contributed by atoms with van der Waals surface area (Å²) in [4.78, 5) is 14.7. The van der Waals surface area contributed by atoms with E-state index in [4.69, 9.17) is 4.52 Å². The maximum atomic E-state index is 12.6. The highest BCUT2D eigenvalue weighted by Crippen LogP contribution is 2.22. The van der Waals surface area contributed by atoms with Crippen LogP contribution in [0.25, 0.3) is 0 Å². The molecule has 1 aromatic carbocycles. The van der Waals surface area contributed by atoms with Crippen molar-refractivity contribution >= 4 is 5.91 Å². The summed E-state index contributed by atoms with van der Waals surface area (Å²) in [5.41, 5.74) is 3.50. The number of nitrogens with zero attached hydrogens (tertiary/aromatic N) is 2. The quantitative estimate of drug-likeness (QED) is 0.917. The van der Waals surface area contributed by atoms with Crippen molar-refractivity contribution in [2.24, 2.45) is 5.92 Å². The molecule has 0 bridgehead atoms. The van der Waals surface area contributed by atoms with Crippen LogP contribution in [0.5, 0.6) is 0 Å². The molecule has 0 unspecified atom stereocenters. The van der Waals surface area contributed by atoms with Gasteiger partial charge in [-0.2, -0.15) is 0 Å². The van der Waals surface area contributed by atoms with Crippen molar-refractivity contribution < 1.29 is 9.32 Å². The summed E-state index contributed by atoms with van der Waals surface area (Å²) in [6.45, 7) is 5.48. The normalized spacial score (nSPS) is 17.8. The molecular weight excluding hydrogens is 302 g/mol. The van der Waals surface area contributed by atoms with Crippen LogP contribution in [-0.4, -0.2) is 29.1 Å². The smallest absolute Gasteiger partial charge is 0.238 e. The first-order valence-electron chi connectivity index (χ1n) is 8.52. The number of amides is 1. The highest BCUT2D eigenvalue weighted by Gasteiger charge is 2.28. The summed E-state index contributed by atoms with van der Waals surface area (Å²) >= 11 is 0. The minimum atomic E-state index is -0.141. The van der Waals surface area contributed by atoms with Crippen LogP contribution < -0.4 is 5.32 Å². The van der Waals surface area contributed by atoms with Gasteiger partial charge >= 0.3 is 0 Å². The lowest BCUT2D eigenvalue weighted by Gasteiger charge is -2.32. The lowest BCUT2D eigenvalue weighted by Crippen LogP contribution is -2.48. The van der Waals surface area contributed by atoms with E-state index in [0.717, 1.165) is 25.1 Å². The zero-order valence-electron chi connectivity index (χ0n) is 14.6. The fourth-order valence-electron chi connectivity index (χ4n) is 3.19. The van der Waals surface area contributed by atoms with Crippen molar-refractivity contribution in [1.29, 1.82) is 0 Å². The van der Waals surface area contributed by atoms with Crippen molar-refractivity contribution in [3.05, 3.63) is 52.9 Å². The summed E-state index contributed by atoms with van der Waals surface area (Å²) in [6, 6.07) is 10.1. The molecule has 1 aliphatic heterocycles. The van der Waals surface area contributed by atoms with Crippen LogP contribution >= 0.6 is 0 Å². The highest BCUT2D eigenvalue weighted by atomic mass is 16.5. The van der Waals surface area contributed by atoms with Crippen LogP contribution in [-0.2, 0) is 30.7 Å². The van der Waals surface area contributed by atoms with Crippen molar-refractivity contribution in [3.8, 4) is 0 Å². The number of benzene rings is 1. The van der Waals surface area contributed by atoms with E-state index in [1.807, 2.05) is 25.2 Å². The maximum Gasteiger partial charge on any atom is 0.238 e. The van der Waals surface area contributed by atoms with Crippen LogP contribution in [0.2, 0.25) is 0 Å². The third kappa shape index (κ3) is 3.85. The molecule has 1 aliphatic rings. The second-order valence-electron chi connectivity index (χ2n) is 7.00. The minimum Gasteiger partial charge on any atom is -0.359 e. The van der Waals surface area contributed by atoms with E-state index in [9.17, 15) is 4.79 Å². The maximum absolute atomic E-state index is 12.6. The summed E-state index contributed by atoms with van der Waals surface area (Å²) in [6.07, 6.45) is 1.63. The van der Waals surface area contributed by atoms with Crippen molar-refractivity contribution in [1.82, 2.24) is 15.4 Å². The molecule has 2 heterocycles. The molecule has 5 heteroatoms. The fourth-order valence-corrected chi connectivity index (χ4v) is 3.19. The Hall–Kier alpha value is -2.14. The number of carbonyl (C=O) groups excluding carboxylic acids is 1. The molecule has 5 nitrogen and oxygen atoms in total. The molecule has 1 amide bonds. The predicted octanol–water partition coefficient (Wildman–Crippen LogP) is 2.55. The highest BCUT2D eigenvalue weighted by molar-refractivity contribution is 5.82. The number of likely N-dealkylation sites (N-methyl/N-ethyl adjacent to an activating group) is 1. The average molecular weight is 327 g/mol. The van der Waals surface area contributed by atoms with Gasteiger partial charge in [0.05, 0.1) is 18.3 Å². The number of hydrogen-bond donors (Lipinski definition) is 1. The SMILES string of the molecule is CC(C)Cc1cc(CNC(=O)[C@@H]2Cc3ccccc3CN2C)on1. The minimum absolute atomic E-state index is 0.0359. The summed E-state index contributed by atoms with van der Waals surface area (Å²) in [7, 11) is 2.00. The van der Waals surface area contributed by atoms with E-state index in [-0.39, 0.29) is 11.9 Å². The molecule has 1 N–H and O–H groups in total. The molecule has 24 heavy (non-hydrogen) atoms. The first-order valence-corrected chi connectivity index (χ1v) is 8.52. The molecule has 0 radical (unpaired) electrons. The van der Waals surface area contributed by atoms with Gasteiger partial charge < -0.3 is 9.84 Å². The number of rotatable bonds is 5. The Morgan fingerprint density at radius 1 is 1.38 bits per heavy atom. The van der Waals surface area contributed by atoms with E-state index in [1.54, 1.807) is 0 Å². The van der Waals surface area contributed by atoms with Crippen molar-refractivity contribution in [3.63, 3.8) is 0 Å². The summed E-state index contributed by atoms with van der Waals surface area (Å²) < 4.78 is 5.31. The first kappa shape index (κ1) is 16.7. The van der Waals surface area contributed by atoms with E-state index >= 15 is 0 Å². The Bertz CT molecular complexity index is 708. The monoisotopic (exact) mass is 327 g/mol. The number of carbonyl (C=O) groups is 1. The Morgan fingerprint density at radius 2 is 2.12 bits per heavy atom. The summed E-state index contributed by atoms with van der Waals surface area (Å²) in [5.74, 6) is 1.28. The second kappa shape index (κ2) is 7.18. The molecule has 1 atom stereocenters. The molecule has 1 aromatic heterocycles. The number of hydrogen-bond acceptors (Lipinski definition) is 4. The molecular formula is C19H25N3O2. The Kier molecular flexibility index (Phi) is 5.00. The van der Waals surface area contributed by atoms with E-state index in [2.05, 4.69) is 41.4 Å². The molecule has 0 saturated heterocycles. The molecule has 0 spiro atoms. The third-order valence-electron chi connectivity index (χ3n) is 4.45. The largest absolute Gasteiger partial charge is 0.359 e. The van der Waals surface area contributed by atoms with Crippen molar-refractivity contribution in [2.45, 2.75) is 45.8 Å². The standard InChI is InChI=1S/C19H25N3O2/c1-13(2)8-16-10-17(24-21-16)11-20-19(23)18-9-14-6-4-5-7-15(14)12-22(18)3/h4-7,10,13,18H,8-9,11-12H2,1-3H3,(H,20,23)/t18-/m0/s1. The fraction of sp³-hybridized carbons (Fsp3) is 0.474. The average Bonchev–Trinajstić information content (AvgIpc) is 2.98. The van der Waals surface area contributed by atoms with Crippen LogP contribution in [0.4, 0.5) is 0 Å². The van der Waals surface area contributed by atoms with Gasteiger partial charge in [-0.3, -0.25) is 9.69 Å². The topological polar surface area (TPSA) is 58.4 Å². The zero-order valence-corrected chi connectivity index (χ0v) is 14.6. The lowest BCUT2D eigenvalue weighted by molar-refractivity contribution is -0.126. The van der Waals surface area contributed by atoms with Gasteiger partial charge in [-0.15, -0.1) is 0 Å². The van der Waals surface area contributed by atoms with Crippen LogP contribution in [0.1, 0.15) is 36.4 Å². The van der Waals surface area contributed by atoms with Gasteiger partial charge in [0.15, 0.2) is 5.76 Å². The van der Waals surface area contributed by atoms with Gasteiger partial charge in [-0.25, -0.2) is 0 Å². The molecule has 3 rings (SSSR count). The predicted molar refractivity (Wildman–Crippen MR) is 92.3 cm³/mol. The first-order chi connectivity index (χ1) is 11.5. The molecule has 0 saturated carbocycles. The van der Waals surface area contributed by atoms with E-state index in [1.165, 1.54) is 11.1 Å². The molecule has 128 valence electrons. The molecule has 0 fully saturated rings. The number of aromatic nitrogens is 1. The zero-order chi connectivity index (χ0) is 17.1. The van der Waals surface area contributed by atoms with E-state index in [0.29, 0.717) is 18.2 Å². The van der Waals surface area contributed by atoms with Gasteiger partial charge in [-0.1, -0.05) is 43.3 Å². The number of fused-ring (bicyclic) bond motifs is 1. The number of nitrogens with one attached hydrogen (secondary N) is 1.